The lowest BCUT2D eigenvalue weighted by atomic mass is 10.0. The van der Waals surface area contributed by atoms with Gasteiger partial charge in [-0.25, -0.2) is 4.98 Å². The molecule has 0 aliphatic rings. The Morgan fingerprint density at radius 2 is 1.04 bits per heavy atom. The first-order valence-electron chi connectivity index (χ1n) is 16.2. The summed E-state index contributed by atoms with van der Waals surface area (Å²) in [6, 6.07) is 64.0. The molecule has 0 N–H and O–H groups in total. The van der Waals surface area contributed by atoms with Gasteiger partial charge >= 0.3 is 0 Å². The molecule has 1 aromatic heterocycles. The minimum Gasteiger partial charge on any atom is -0.435 e. The van der Waals surface area contributed by atoms with E-state index in [1.807, 2.05) is 6.07 Å². The third-order valence-electron chi connectivity index (χ3n) is 9.09. The highest BCUT2D eigenvalue weighted by atomic mass is 16.3. The molecule has 0 radical (unpaired) electrons. The van der Waals surface area contributed by atoms with Gasteiger partial charge in [0, 0.05) is 27.9 Å². The van der Waals surface area contributed by atoms with Gasteiger partial charge in [-0.1, -0.05) is 140 Å². The number of oxazole rings is 1. The van der Waals surface area contributed by atoms with Crippen molar-refractivity contribution in [2.45, 2.75) is 0 Å². The molecule has 0 fully saturated rings. The van der Waals surface area contributed by atoms with Crippen molar-refractivity contribution in [3.63, 3.8) is 0 Å². The number of rotatable bonds is 6. The standard InChI is InChI=1S/C45H30N2O/c1-2-12-31(13-3-1)35-18-8-19-37(30-35)47(43-25-10-17-33-15-5-7-21-39(33)43)36-28-26-34(27-29-36)40-22-11-24-42-44(40)48-45(46-42)41-23-9-16-32-14-4-6-20-38(32)41/h1-30H. The van der Waals surface area contributed by atoms with E-state index in [0.717, 1.165) is 55.6 Å². The van der Waals surface area contributed by atoms with Gasteiger partial charge in [0.2, 0.25) is 5.89 Å². The minimum atomic E-state index is 0.631. The van der Waals surface area contributed by atoms with Gasteiger partial charge in [-0.05, 0) is 75.3 Å². The van der Waals surface area contributed by atoms with Crippen LogP contribution in [0.4, 0.5) is 17.1 Å². The molecule has 226 valence electrons. The first-order chi connectivity index (χ1) is 23.8. The highest BCUT2D eigenvalue weighted by Crippen LogP contribution is 2.41. The van der Waals surface area contributed by atoms with Crippen LogP contribution in [0.1, 0.15) is 0 Å². The number of hydrogen-bond acceptors (Lipinski definition) is 3. The van der Waals surface area contributed by atoms with Crippen LogP contribution in [0.5, 0.6) is 0 Å². The summed E-state index contributed by atoms with van der Waals surface area (Å²) < 4.78 is 6.55. The lowest BCUT2D eigenvalue weighted by Gasteiger charge is -2.27. The fourth-order valence-corrected chi connectivity index (χ4v) is 6.78. The Labute approximate surface area is 279 Å². The molecule has 0 saturated heterocycles. The predicted octanol–water partition coefficient (Wildman–Crippen LogP) is 12.6. The zero-order chi connectivity index (χ0) is 31.9. The van der Waals surface area contributed by atoms with Crippen molar-refractivity contribution in [1.82, 2.24) is 4.98 Å². The van der Waals surface area contributed by atoms with E-state index in [4.69, 9.17) is 9.40 Å². The smallest absolute Gasteiger partial charge is 0.227 e. The third-order valence-corrected chi connectivity index (χ3v) is 9.09. The van der Waals surface area contributed by atoms with Crippen LogP contribution < -0.4 is 4.90 Å². The molecule has 8 aromatic carbocycles. The van der Waals surface area contributed by atoms with Crippen LogP contribution >= 0.6 is 0 Å². The predicted molar refractivity (Wildman–Crippen MR) is 200 cm³/mol. The summed E-state index contributed by atoms with van der Waals surface area (Å²) in [4.78, 5) is 7.29. The molecule has 9 rings (SSSR count). The topological polar surface area (TPSA) is 29.3 Å². The molecule has 0 saturated carbocycles. The summed E-state index contributed by atoms with van der Waals surface area (Å²) in [7, 11) is 0. The van der Waals surface area contributed by atoms with Crippen molar-refractivity contribution in [2.24, 2.45) is 0 Å². The van der Waals surface area contributed by atoms with Crippen molar-refractivity contribution in [2.75, 3.05) is 4.90 Å². The molecule has 3 nitrogen and oxygen atoms in total. The van der Waals surface area contributed by atoms with E-state index in [9.17, 15) is 0 Å². The molecular formula is C45H30N2O. The molecule has 9 aromatic rings. The summed E-state index contributed by atoms with van der Waals surface area (Å²) in [5.74, 6) is 0.631. The van der Waals surface area contributed by atoms with Crippen LogP contribution in [0.15, 0.2) is 186 Å². The summed E-state index contributed by atoms with van der Waals surface area (Å²) in [6.45, 7) is 0. The maximum Gasteiger partial charge on any atom is 0.227 e. The highest BCUT2D eigenvalue weighted by molar-refractivity contribution is 6.00. The molecule has 3 heteroatoms. The van der Waals surface area contributed by atoms with Gasteiger partial charge in [-0.2, -0.15) is 0 Å². The summed E-state index contributed by atoms with van der Waals surface area (Å²) in [5.41, 5.74) is 10.4. The monoisotopic (exact) mass is 614 g/mol. The van der Waals surface area contributed by atoms with Crippen LogP contribution in [-0.2, 0) is 0 Å². The highest BCUT2D eigenvalue weighted by Gasteiger charge is 2.18. The quantitative estimate of drug-likeness (QED) is 0.187. The van der Waals surface area contributed by atoms with Crippen molar-refractivity contribution in [3.8, 4) is 33.7 Å². The van der Waals surface area contributed by atoms with Gasteiger partial charge in [0.1, 0.15) is 5.52 Å². The number of aromatic nitrogens is 1. The van der Waals surface area contributed by atoms with E-state index in [2.05, 4.69) is 181 Å². The van der Waals surface area contributed by atoms with Crippen LogP contribution in [0.25, 0.3) is 66.4 Å². The van der Waals surface area contributed by atoms with Crippen molar-refractivity contribution in [3.05, 3.63) is 182 Å². The Morgan fingerprint density at radius 1 is 0.417 bits per heavy atom. The lowest BCUT2D eigenvalue weighted by molar-refractivity contribution is 0.621. The maximum absolute atomic E-state index is 6.55. The van der Waals surface area contributed by atoms with Gasteiger partial charge in [0.15, 0.2) is 5.58 Å². The molecule has 0 spiro atoms. The van der Waals surface area contributed by atoms with Crippen LogP contribution in [0, 0.1) is 0 Å². The first kappa shape index (κ1) is 27.8. The average molecular weight is 615 g/mol. The largest absolute Gasteiger partial charge is 0.435 e. The minimum absolute atomic E-state index is 0.631. The molecule has 0 aliphatic heterocycles. The molecule has 0 bridgehead atoms. The molecular weight excluding hydrogens is 585 g/mol. The fourth-order valence-electron chi connectivity index (χ4n) is 6.78. The summed E-state index contributed by atoms with van der Waals surface area (Å²) in [6.07, 6.45) is 0. The molecule has 0 unspecified atom stereocenters. The molecule has 0 amide bonds. The summed E-state index contributed by atoms with van der Waals surface area (Å²) in [5, 5.41) is 4.69. The number of fused-ring (bicyclic) bond motifs is 3. The third kappa shape index (κ3) is 4.90. The number of nitrogens with zero attached hydrogens (tertiary/aromatic N) is 2. The van der Waals surface area contributed by atoms with Crippen LogP contribution in [0.3, 0.4) is 0 Å². The number of anilines is 3. The zero-order valence-corrected chi connectivity index (χ0v) is 26.1. The summed E-state index contributed by atoms with van der Waals surface area (Å²) >= 11 is 0. The van der Waals surface area contributed by atoms with Crippen molar-refractivity contribution in [1.29, 1.82) is 0 Å². The average Bonchev–Trinajstić information content (AvgIpc) is 3.60. The van der Waals surface area contributed by atoms with E-state index in [1.54, 1.807) is 0 Å². The van der Waals surface area contributed by atoms with E-state index in [1.165, 1.54) is 21.9 Å². The molecule has 48 heavy (non-hydrogen) atoms. The fraction of sp³-hybridized carbons (Fsp3) is 0. The second-order valence-electron chi connectivity index (χ2n) is 12.0. The Morgan fingerprint density at radius 3 is 1.88 bits per heavy atom. The Kier molecular flexibility index (Phi) is 6.80. The van der Waals surface area contributed by atoms with Gasteiger partial charge < -0.3 is 9.32 Å². The second kappa shape index (κ2) is 11.7. The van der Waals surface area contributed by atoms with Gasteiger partial charge in [-0.3, -0.25) is 0 Å². The molecule has 0 aliphatic carbocycles. The Bertz CT molecular complexity index is 2560. The first-order valence-corrected chi connectivity index (χ1v) is 16.2. The Balaban J connectivity index is 1.15. The Hall–Kier alpha value is -6.45. The van der Waals surface area contributed by atoms with E-state index < -0.39 is 0 Å². The van der Waals surface area contributed by atoms with Crippen molar-refractivity contribution < 1.29 is 4.42 Å². The van der Waals surface area contributed by atoms with Gasteiger partial charge in [-0.15, -0.1) is 0 Å². The lowest BCUT2D eigenvalue weighted by Crippen LogP contribution is -2.10. The van der Waals surface area contributed by atoms with Crippen molar-refractivity contribution >= 4 is 49.7 Å². The van der Waals surface area contributed by atoms with E-state index in [-0.39, 0.29) is 0 Å². The van der Waals surface area contributed by atoms with E-state index >= 15 is 0 Å². The number of hydrogen-bond donors (Lipinski definition) is 0. The van der Waals surface area contributed by atoms with Crippen LogP contribution in [-0.4, -0.2) is 4.98 Å². The second-order valence-corrected chi connectivity index (χ2v) is 12.0. The van der Waals surface area contributed by atoms with Gasteiger partial charge in [0.05, 0.1) is 5.69 Å². The van der Waals surface area contributed by atoms with E-state index in [0.29, 0.717) is 5.89 Å². The zero-order valence-electron chi connectivity index (χ0n) is 26.1. The normalized spacial score (nSPS) is 11.3. The number of benzene rings is 8. The van der Waals surface area contributed by atoms with Crippen LogP contribution in [0.2, 0.25) is 0 Å². The maximum atomic E-state index is 6.55. The van der Waals surface area contributed by atoms with Gasteiger partial charge in [0.25, 0.3) is 0 Å². The number of para-hydroxylation sites is 1. The molecule has 1 heterocycles. The molecule has 0 atom stereocenters. The SMILES string of the molecule is c1ccc(-c2cccc(N(c3ccc(-c4cccc5nc(-c6cccc7ccccc67)oc45)cc3)c3cccc4ccccc34)c2)cc1.